The number of aliphatic hydroxyl groups is 1. The van der Waals surface area contributed by atoms with Crippen LogP contribution in [0.1, 0.15) is 25.3 Å². The number of urea groups is 1. The van der Waals surface area contributed by atoms with E-state index in [1.807, 2.05) is 13.0 Å². The number of nitrogens with zero attached hydrogens (tertiary/aromatic N) is 4. The highest BCUT2D eigenvalue weighted by atomic mass is 16.5. The molecule has 8 heteroatoms. The molecule has 1 N–H and O–H groups in total. The van der Waals surface area contributed by atoms with Crippen LogP contribution in [0.25, 0.3) is 0 Å². The number of rotatable bonds is 7. The average molecular weight is 376 g/mol. The Bertz CT molecular complexity index is 661. The standard InChI is InChI=1S/C19H28N4O4/c1-15(14-24)21-8-5-19(6-9-21)17(25)22(13-16-4-3-7-20-12-16)18(26)23(19)10-11-27-2/h3-4,7,12,15,24H,5-6,8-11,13-14H2,1-2H3. The number of carbonyl (C=O) groups is 2. The monoisotopic (exact) mass is 376 g/mol. The van der Waals surface area contributed by atoms with Crippen LogP contribution in [0.3, 0.4) is 0 Å². The molecule has 8 nitrogen and oxygen atoms in total. The fraction of sp³-hybridized carbons (Fsp3) is 0.632. The van der Waals surface area contributed by atoms with Crippen LogP contribution in [0.2, 0.25) is 0 Å². The number of likely N-dealkylation sites (tertiary alicyclic amines) is 1. The molecule has 1 atom stereocenters. The van der Waals surface area contributed by atoms with Gasteiger partial charge in [0, 0.05) is 45.2 Å². The van der Waals surface area contributed by atoms with Crippen molar-refractivity contribution in [2.45, 2.75) is 37.9 Å². The molecule has 1 aromatic heterocycles. The Kier molecular flexibility index (Phi) is 6.08. The maximum absolute atomic E-state index is 13.4. The Labute approximate surface area is 159 Å². The fourth-order valence-electron chi connectivity index (χ4n) is 4.02. The van der Waals surface area contributed by atoms with Crippen molar-refractivity contribution in [1.29, 1.82) is 0 Å². The van der Waals surface area contributed by atoms with Crippen molar-refractivity contribution in [3.8, 4) is 0 Å². The van der Waals surface area contributed by atoms with Crippen molar-refractivity contribution >= 4 is 11.9 Å². The van der Waals surface area contributed by atoms with E-state index >= 15 is 0 Å². The second-order valence-electron chi connectivity index (χ2n) is 7.28. The normalized spacial score (nSPS) is 21.3. The summed E-state index contributed by atoms with van der Waals surface area (Å²) in [6, 6.07) is 3.45. The quantitative estimate of drug-likeness (QED) is 0.706. The molecule has 2 fully saturated rings. The summed E-state index contributed by atoms with van der Waals surface area (Å²) in [4.78, 5) is 35.7. The molecule has 2 aliphatic heterocycles. The van der Waals surface area contributed by atoms with Crippen molar-refractivity contribution in [2.75, 3.05) is 40.0 Å². The molecule has 3 rings (SSSR count). The number of amides is 3. The van der Waals surface area contributed by atoms with E-state index in [9.17, 15) is 14.7 Å². The lowest BCUT2D eigenvalue weighted by molar-refractivity contribution is -0.136. The molecule has 2 saturated heterocycles. The van der Waals surface area contributed by atoms with Gasteiger partial charge in [0.1, 0.15) is 5.54 Å². The number of carbonyl (C=O) groups excluding carboxylic acids is 2. The van der Waals surface area contributed by atoms with Crippen molar-refractivity contribution in [1.82, 2.24) is 19.7 Å². The van der Waals surface area contributed by atoms with Crippen LogP contribution in [0.5, 0.6) is 0 Å². The first-order chi connectivity index (χ1) is 13.0. The van der Waals surface area contributed by atoms with Crippen molar-refractivity contribution in [2.24, 2.45) is 0 Å². The zero-order valence-electron chi connectivity index (χ0n) is 16.0. The molecule has 0 saturated carbocycles. The Morgan fingerprint density at radius 1 is 1.33 bits per heavy atom. The van der Waals surface area contributed by atoms with E-state index in [0.717, 1.165) is 5.56 Å². The van der Waals surface area contributed by atoms with E-state index in [1.54, 1.807) is 30.5 Å². The fourth-order valence-corrected chi connectivity index (χ4v) is 4.02. The summed E-state index contributed by atoms with van der Waals surface area (Å²) >= 11 is 0. The lowest BCUT2D eigenvalue weighted by Crippen LogP contribution is -2.58. The third-order valence-electron chi connectivity index (χ3n) is 5.72. The third kappa shape index (κ3) is 3.69. The van der Waals surface area contributed by atoms with Gasteiger partial charge in [-0.2, -0.15) is 0 Å². The number of methoxy groups -OCH3 is 1. The summed E-state index contributed by atoms with van der Waals surface area (Å²) in [6.07, 6.45) is 4.47. The van der Waals surface area contributed by atoms with Gasteiger partial charge in [-0.25, -0.2) is 4.79 Å². The van der Waals surface area contributed by atoms with Crippen LogP contribution in [0.15, 0.2) is 24.5 Å². The molecule has 0 radical (unpaired) electrons. The molecular weight excluding hydrogens is 348 g/mol. The van der Waals surface area contributed by atoms with E-state index < -0.39 is 5.54 Å². The van der Waals surface area contributed by atoms with Gasteiger partial charge < -0.3 is 14.7 Å². The topological polar surface area (TPSA) is 86.2 Å². The second kappa shape index (κ2) is 8.33. The highest BCUT2D eigenvalue weighted by Crippen LogP contribution is 2.38. The average Bonchev–Trinajstić information content (AvgIpc) is 2.88. The second-order valence-corrected chi connectivity index (χ2v) is 7.28. The summed E-state index contributed by atoms with van der Waals surface area (Å²) in [5, 5.41) is 9.41. The summed E-state index contributed by atoms with van der Waals surface area (Å²) in [5.41, 5.74) is 0.0121. The van der Waals surface area contributed by atoms with Gasteiger partial charge in [-0.15, -0.1) is 0 Å². The molecule has 0 bridgehead atoms. The van der Waals surface area contributed by atoms with Crippen LogP contribution in [-0.2, 0) is 16.1 Å². The Balaban J connectivity index is 1.82. The van der Waals surface area contributed by atoms with Crippen molar-refractivity contribution in [3.05, 3.63) is 30.1 Å². The predicted molar refractivity (Wildman–Crippen MR) is 98.9 cm³/mol. The van der Waals surface area contributed by atoms with Crippen LogP contribution in [-0.4, -0.2) is 88.3 Å². The zero-order valence-corrected chi connectivity index (χ0v) is 16.0. The number of hydrogen-bond acceptors (Lipinski definition) is 6. The van der Waals surface area contributed by atoms with Crippen molar-refractivity contribution < 1.29 is 19.4 Å². The number of imide groups is 1. The lowest BCUT2D eigenvalue weighted by Gasteiger charge is -2.43. The third-order valence-corrected chi connectivity index (χ3v) is 5.72. The first kappa shape index (κ1) is 19.7. The van der Waals surface area contributed by atoms with E-state index in [-0.39, 0.29) is 31.1 Å². The smallest absolute Gasteiger partial charge is 0.328 e. The first-order valence-electron chi connectivity index (χ1n) is 9.40. The maximum Gasteiger partial charge on any atom is 0.328 e. The minimum absolute atomic E-state index is 0.0495. The van der Waals surface area contributed by atoms with Gasteiger partial charge in [0.05, 0.1) is 19.8 Å². The predicted octanol–water partition coefficient (Wildman–Crippen LogP) is 0.708. The number of piperidine rings is 1. The summed E-state index contributed by atoms with van der Waals surface area (Å²) in [5.74, 6) is -0.135. The number of ether oxygens (including phenoxy) is 1. The minimum Gasteiger partial charge on any atom is -0.395 e. The highest BCUT2D eigenvalue weighted by Gasteiger charge is 2.57. The van der Waals surface area contributed by atoms with Crippen LogP contribution < -0.4 is 0 Å². The molecule has 148 valence electrons. The molecule has 1 aromatic rings. The number of aliphatic hydroxyl groups excluding tert-OH is 1. The molecule has 3 amide bonds. The van der Waals surface area contributed by atoms with Gasteiger partial charge in [-0.05, 0) is 31.4 Å². The summed E-state index contributed by atoms with van der Waals surface area (Å²) in [7, 11) is 1.59. The number of aromatic nitrogens is 1. The van der Waals surface area contributed by atoms with Gasteiger partial charge in [0.2, 0.25) is 0 Å². The van der Waals surface area contributed by atoms with Gasteiger partial charge in [-0.1, -0.05) is 6.07 Å². The SMILES string of the molecule is COCCN1C(=O)N(Cc2cccnc2)C(=O)C12CCN(C(C)CO)CC2. The van der Waals surface area contributed by atoms with Crippen LogP contribution >= 0.6 is 0 Å². The van der Waals surface area contributed by atoms with Gasteiger partial charge >= 0.3 is 6.03 Å². The maximum atomic E-state index is 13.4. The molecule has 1 unspecified atom stereocenters. The molecule has 2 aliphatic rings. The van der Waals surface area contributed by atoms with E-state index in [2.05, 4.69) is 9.88 Å². The largest absolute Gasteiger partial charge is 0.395 e. The number of pyridine rings is 1. The summed E-state index contributed by atoms with van der Waals surface area (Å²) < 4.78 is 5.17. The highest BCUT2D eigenvalue weighted by molar-refractivity contribution is 6.07. The van der Waals surface area contributed by atoms with Gasteiger partial charge in [0.15, 0.2) is 0 Å². The zero-order chi connectivity index (χ0) is 19.4. The lowest BCUT2D eigenvalue weighted by atomic mass is 9.85. The molecule has 0 aliphatic carbocycles. The van der Waals surface area contributed by atoms with Crippen LogP contribution in [0.4, 0.5) is 4.79 Å². The minimum atomic E-state index is -0.816. The Morgan fingerprint density at radius 2 is 2.07 bits per heavy atom. The van der Waals surface area contributed by atoms with E-state index in [4.69, 9.17) is 4.74 Å². The van der Waals surface area contributed by atoms with E-state index in [1.165, 1.54) is 4.90 Å². The van der Waals surface area contributed by atoms with Crippen molar-refractivity contribution in [3.63, 3.8) is 0 Å². The number of hydrogen-bond donors (Lipinski definition) is 1. The van der Waals surface area contributed by atoms with Crippen LogP contribution in [0, 0.1) is 0 Å². The molecular formula is C19H28N4O4. The molecule has 0 aromatic carbocycles. The van der Waals surface area contributed by atoms with E-state index in [0.29, 0.717) is 39.1 Å². The Hall–Kier alpha value is -2.03. The van der Waals surface area contributed by atoms with Gasteiger partial charge in [0.25, 0.3) is 5.91 Å². The molecule has 3 heterocycles. The van der Waals surface area contributed by atoms with Gasteiger partial charge in [-0.3, -0.25) is 19.6 Å². The summed E-state index contributed by atoms with van der Waals surface area (Å²) in [6.45, 7) is 4.40. The molecule has 1 spiro atoms. The Morgan fingerprint density at radius 3 is 2.67 bits per heavy atom. The molecule has 27 heavy (non-hydrogen) atoms. The first-order valence-corrected chi connectivity index (χ1v) is 9.40.